The molecule has 25 heavy (non-hydrogen) atoms. The number of ether oxygens (including phenoxy) is 1. The van der Waals surface area contributed by atoms with Crippen molar-refractivity contribution < 1.29 is 9.53 Å². The molecule has 2 aromatic carbocycles. The van der Waals surface area contributed by atoms with Gasteiger partial charge in [0.1, 0.15) is 5.75 Å². The van der Waals surface area contributed by atoms with Gasteiger partial charge in [-0.2, -0.15) is 0 Å². The van der Waals surface area contributed by atoms with Gasteiger partial charge in [-0.25, -0.2) is 0 Å². The highest BCUT2D eigenvalue weighted by Crippen LogP contribution is 2.19. The molecule has 0 bridgehead atoms. The van der Waals surface area contributed by atoms with Gasteiger partial charge in [0, 0.05) is 18.7 Å². The van der Waals surface area contributed by atoms with Crippen LogP contribution in [0.15, 0.2) is 42.5 Å². The lowest BCUT2D eigenvalue weighted by atomic mass is 10.1. The van der Waals surface area contributed by atoms with Gasteiger partial charge < -0.3 is 10.1 Å². The lowest BCUT2D eigenvalue weighted by molar-refractivity contribution is 0.0950. The van der Waals surface area contributed by atoms with Crippen LogP contribution in [0.5, 0.6) is 5.75 Å². The van der Waals surface area contributed by atoms with Crippen LogP contribution in [0.2, 0.25) is 0 Å². The van der Waals surface area contributed by atoms with Crippen molar-refractivity contribution in [1.82, 2.24) is 10.2 Å². The van der Waals surface area contributed by atoms with Gasteiger partial charge in [-0.05, 0) is 61.7 Å². The van der Waals surface area contributed by atoms with E-state index in [0.29, 0.717) is 12.1 Å². The smallest absolute Gasteiger partial charge is 0.251 e. The molecule has 0 saturated carbocycles. The fourth-order valence-corrected chi connectivity index (χ4v) is 3.21. The Labute approximate surface area is 149 Å². The first kappa shape index (κ1) is 17.5. The minimum absolute atomic E-state index is 0.0838. The highest BCUT2D eigenvalue weighted by Gasteiger charge is 2.12. The molecule has 1 saturated heterocycles. The molecule has 1 N–H and O–H groups in total. The number of amides is 1. The molecule has 4 nitrogen and oxygen atoms in total. The van der Waals surface area contributed by atoms with Crippen molar-refractivity contribution in [3.05, 3.63) is 64.7 Å². The summed E-state index contributed by atoms with van der Waals surface area (Å²) in [6.45, 7) is 5.93. The number of hydrogen-bond donors (Lipinski definition) is 1. The van der Waals surface area contributed by atoms with Crippen molar-refractivity contribution in [2.45, 2.75) is 32.9 Å². The topological polar surface area (TPSA) is 41.6 Å². The van der Waals surface area contributed by atoms with Crippen LogP contribution in [-0.2, 0) is 13.1 Å². The van der Waals surface area contributed by atoms with Gasteiger partial charge in [0.15, 0.2) is 0 Å². The number of nitrogens with one attached hydrogen (secondary N) is 1. The molecule has 3 rings (SSSR count). The molecule has 0 aromatic heterocycles. The molecule has 1 fully saturated rings. The van der Waals surface area contributed by atoms with Gasteiger partial charge in [-0.1, -0.05) is 30.3 Å². The van der Waals surface area contributed by atoms with E-state index in [9.17, 15) is 4.79 Å². The molecule has 0 spiro atoms. The molecule has 132 valence electrons. The Bertz CT molecular complexity index is 719. The largest absolute Gasteiger partial charge is 0.496 e. The summed E-state index contributed by atoms with van der Waals surface area (Å²) in [6, 6.07) is 14.0. The van der Waals surface area contributed by atoms with E-state index in [0.717, 1.165) is 23.4 Å². The number of likely N-dealkylation sites (tertiary alicyclic amines) is 1. The predicted octanol–water partition coefficient (Wildman–Crippen LogP) is 3.53. The van der Waals surface area contributed by atoms with Gasteiger partial charge >= 0.3 is 0 Å². The van der Waals surface area contributed by atoms with Gasteiger partial charge in [0.2, 0.25) is 0 Å². The Morgan fingerprint density at radius 3 is 2.44 bits per heavy atom. The van der Waals surface area contributed by atoms with Gasteiger partial charge in [0.25, 0.3) is 5.91 Å². The number of carbonyl (C=O) groups excluding carboxylic acids is 1. The Hall–Kier alpha value is -2.33. The first-order chi connectivity index (χ1) is 12.2. The average Bonchev–Trinajstić information content (AvgIpc) is 3.14. The van der Waals surface area contributed by atoms with Crippen LogP contribution in [-0.4, -0.2) is 31.0 Å². The summed E-state index contributed by atoms with van der Waals surface area (Å²) < 4.78 is 5.28. The van der Waals surface area contributed by atoms with Crippen LogP contribution >= 0.6 is 0 Å². The molecule has 1 aliphatic heterocycles. The first-order valence-corrected chi connectivity index (χ1v) is 8.89. The van der Waals surface area contributed by atoms with E-state index in [1.54, 1.807) is 13.2 Å². The van der Waals surface area contributed by atoms with Crippen molar-refractivity contribution in [2.75, 3.05) is 20.2 Å². The summed E-state index contributed by atoms with van der Waals surface area (Å²) in [6.07, 6.45) is 2.63. The second-order valence-corrected chi connectivity index (χ2v) is 6.67. The lowest BCUT2D eigenvalue weighted by Crippen LogP contribution is -2.23. The van der Waals surface area contributed by atoms with Crippen LogP contribution in [0.3, 0.4) is 0 Å². The summed E-state index contributed by atoms with van der Waals surface area (Å²) in [5.74, 6) is 0.651. The van der Waals surface area contributed by atoms with E-state index in [1.807, 2.05) is 19.1 Å². The highest BCUT2D eigenvalue weighted by molar-refractivity contribution is 5.94. The second-order valence-electron chi connectivity index (χ2n) is 6.67. The van der Waals surface area contributed by atoms with Crippen LogP contribution in [0, 0.1) is 6.92 Å². The van der Waals surface area contributed by atoms with E-state index in [-0.39, 0.29) is 5.91 Å². The summed E-state index contributed by atoms with van der Waals surface area (Å²) in [5.41, 5.74) is 4.08. The minimum atomic E-state index is -0.0838. The standard InChI is InChI=1S/C21H26N2O2/c1-16-5-10-19(13-20(16)25-2)21(24)22-14-17-6-8-18(9-7-17)15-23-11-3-4-12-23/h5-10,13H,3-4,11-12,14-15H2,1-2H3,(H,22,24). The quantitative estimate of drug-likeness (QED) is 0.876. The second kappa shape index (κ2) is 8.17. The molecule has 4 heteroatoms. The van der Waals surface area contributed by atoms with E-state index in [2.05, 4.69) is 34.5 Å². The third kappa shape index (κ3) is 4.60. The number of hydrogen-bond acceptors (Lipinski definition) is 3. The molecular formula is C21H26N2O2. The summed E-state index contributed by atoms with van der Waals surface area (Å²) in [7, 11) is 1.62. The third-order valence-electron chi connectivity index (χ3n) is 4.75. The van der Waals surface area contributed by atoms with Crippen molar-refractivity contribution in [2.24, 2.45) is 0 Å². The SMILES string of the molecule is COc1cc(C(=O)NCc2ccc(CN3CCCC3)cc2)ccc1C. The highest BCUT2D eigenvalue weighted by atomic mass is 16.5. The van der Waals surface area contributed by atoms with Crippen molar-refractivity contribution in [3.8, 4) is 5.75 Å². The zero-order valence-electron chi connectivity index (χ0n) is 15.0. The van der Waals surface area contributed by atoms with Crippen molar-refractivity contribution in [3.63, 3.8) is 0 Å². The Kier molecular flexibility index (Phi) is 5.71. The van der Waals surface area contributed by atoms with Crippen molar-refractivity contribution >= 4 is 5.91 Å². The molecule has 2 aromatic rings. The fourth-order valence-electron chi connectivity index (χ4n) is 3.21. The van der Waals surface area contributed by atoms with Gasteiger partial charge in [-0.3, -0.25) is 9.69 Å². The molecular weight excluding hydrogens is 312 g/mol. The molecule has 1 heterocycles. The lowest BCUT2D eigenvalue weighted by Gasteiger charge is -2.14. The Balaban J connectivity index is 1.54. The third-order valence-corrected chi connectivity index (χ3v) is 4.75. The fraction of sp³-hybridized carbons (Fsp3) is 0.381. The molecule has 1 amide bonds. The van der Waals surface area contributed by atoms with Gasteiger partial charge in [-0.15, -0.1) is 0 Å². The minimum Gasteiger partial charge on any atom is -0.496 e. The maximum Gasteiger partial charge on any atom is 0.251 e. The van der Waals surface area contributed by atoms with Crippen LogP contribution < -0.4 is 10.1 Å². The summed E-state index contributed by atoms with van der Waals surface area (Å²) in [4.78, 5) is 14.8. The van der Waals surface area contributed by atoms with Crippen LogP contribution in [0.4, 0.5) is 0 Å². The van der Waals surface area contributed by atoms with Crippen LogP contribution in [0.1, 0.15) is 39.9 Å². The monoisotopic (exact) mass is 338 g/mol. The number of nitrogens with zero attached hydrogens (tertiary/aromatic N) is 1. The number of aryl methyl sites for hydroxylation is 1. The Morgan fingerprint density at radius 2 is 1.76 bits per heavy atom. The number of rotatable bonds is 6. The van der Waals surface area contributed by atoms with E-state index in [4.69, 9.17) is 4.74 Å². The number of methoxy groups -OCH3 is 1. The van der Waals surface area contributed by atoms with E-state index >= 15 is 0 Å². The zero-order chi connectivity index (χ0) is 17.6. The summed E-state index contributed by atoms with van der Waals surface area (Å²) >= 11 is 0. The van der Waals surface area contributed by atoms with Gasteiger partial charge in [0.05, 0.1) is 7.11 Å². The number of benzene rings is 2. The van der Waals surface area contributed by atoms with E-state index in [1.165, 1.54) is 31.5 Å². The summed E-state index contributed by atoms with van der Waals surface area (Å²) in [5, 5.41) is 2.97. The predicted molar refractivity (Wildman–Crippen MR) is 99.9 cm³/mol. The molecule has 0 atom stereocenters. The van der Waals surface area contributed by atoms with Crippen molar-refractivity contribution in [1.29, 1.82) is 0 Å². The maximum absolute atomic E-state index is 12.3. The first-order valence-electron chi connectivity index (χ1n) is 8.89. The van der Waals surface area contributed by atoms with E-state index < -0.39 is 0 Å². The average molecular weight is 338 g/mol. The maximum atomic E-state index is 12.3. The molecule has 1 aliphatic rings. The van der Waals surface area contributed by atoms with Crippen LogP contribution in [0.25, 0.3) is 0 Å². The Morgan fingerprint density at radius 1 is 1.08 bits per heavy atom. The normalized spacial score (nSPS) is 14.5. The molecule has 0 aliphatic carbocycles. The molecule has 0 radical (unpaired) electrons. The molecule has 0 unspecified atom stereocenters. The zero-order valence-corrected chi connectivity index (χ0v) is 15.0. The number of carbonyl (C=O) groups is 1.